The highest BCUT2D eigenvalue weighted by atomic mass is 16.9. The molecule has 0 aromatic rings. The number of hydrogen-bond acceptors (Lipinski definition) is 15. The predicted octanol–water partition coefficient (Wildman–Crippen LogP) is 10.8. The lowest BCUT2D eigenvalue weighted by molar-refractivity contribution is -0.332. The van der Waals surface area contributed by atoms with E-state index >= 15 is 0 Å². The van der Waals surface area contributed by atoms with Gasteiger partial charge in [0.25, 0.3) is 0 Å². The number of hydrogen-bond donors (Lipinski definition) is 0. The fourth-order valence-corrected chi connectivity index (χ4v) is 23.9. The molecular weight excluding hydrogens is 1090 g/mol. The van der Waals surface area contributed by atoms with Gasteiger partial charge in [0.1, 0.15) is 23.4 Å². The molecule has 0 radical (unpaired) electrons. The van der Waals surface area contributed by atoms with Crippen molar-refractivity contribution < 1.29 is 57.0 Å². The highest BCUT2D eigenvalue weighted by molar-refractivity contribution is 5.73. The van der Waals surface area contributed by atoms with Crippen LogP contribution in [0.1, 0.15) is 195 Å². The van der Waals surface area contributed by atoms with Crippen LogP contribution in [0.15, 0.2) is 0 Å². The van der Waals surface area contributed by atoms with Gasteiger partial charge in [-0.05, 0) is 239 Å². The molecule has 0 aromatic carbocycles. The third-order valence-electron chi connectivity index (χ3n) is 26.7. The highest BCUT2D eigenvalue weighted by Crippen LogP contribution is 2.66. The number of esters is 3. The number of morpholine rings is 1. The smallest absolute Gasteiger partial charge is 0.310 e. The van der Waals surface area contributed by atoms with Crippen molar-refractivity contribution in [1.29, 1.82) is 0 Å². The van der Waals surface area contributed by atoms with Crippen molar-refractivity contribution in [3.8, 4) is 0 Å². The normalized spacial score (nSPS) is 48.7. The summed E-state index contributed by atoms with van der Waals surface area (Å²) >= 11 is 0. The van der Waals surface area contributed by atoms with Gasteiger partial charge in [-0.3, -0.25) is 19.3 Å². The molecule has 2 spiro atoms. The Morgan fingerprint density at radius 2 is 0.919 bits per heavy atom. The SMILES string of the molecule is CC(CN1CCCCC1)C(=O)OC1C(C2COC3(O2)C2CC4CC(C2)CC3C4)OC2OC3(OC21)C1CC2CC(C1)CC3C2.CC(CN1CCOCC1)C(=O)OC12CC3CC(CC(C3)C1)C2.CCN(CC)CC(C)C(=O)OC12CC3CC(CC(C3)C1)C2. The van der Waals surface area contributed by atoms with Crippen LogP contribution < -0.4 is 0 Å². The Morgan fingerprint density at radius 1 is 0.488 bits per heavy atom. The summed E-state index contributed by atoms with van der Waals surface area (Å²) in [5.74, 6) is 8.76. The van der Waals surface area contributed by atoms with Crippen molar-refractivity contribution in [1.82, 2.24) is 14.7 Å². The molecular formula is C71H111N3O12. The fourth-order valence-electron chi connectivity index (χ4n) is 23.9. The van der Waals surface area contributed by atoms with E-state index in [9.17, 15) is 14.4 Å². The molecule has 482 valence electrons. The lowest BCUT2D eigenvalue weighted by Crippen LogP contribution is -2.60. The Hall–Kier alpha value is -1.95. The van der Waals surface area contributed by atoms with Crippen LogP contribution in [0.5, 0.6) is 0 Å². The first kappa shape index (κ1) is 60.3. The summed E-state index contributed by atoms with van der Waals surface area (Å²) in [6.07, 6.45) is 29.2. The van der Waals surface area contributed by atoms with Gasteiger partial charge in [-0.1, -0.05) is 41.0 Å². The molecule has 86 heavy (non-hydrogen) atoms. The van der Waals surface area contributed by atoms with E-state index in [4.69, 9.17) is 42.6 Å². The Bertz CT molecular complexity index is 2290. The summed E-state index contributed by atoms with van der Waals surface area (Å²) in [7, 11) is 0. The Balaban J connectivity index is 0.000000122. The van der Waals surface area contributed by atoms with Crippen LogP contribution in [0.2, 0.25) is 0 Å². The van der Waals surface area contributed by atoms with Crippen molar-refractivity contribution in [3.63, 3.8) is 0 Å². The third kappa shape index (κ3) is 11.7. The topological polar surface area (TPSA) is 144 Å². The van der Waals surface area contributed by atoms with Gasteiger partial charge >= 0.3 is 17.9 Å². The van der Waals surface area contributed by atoms with Gasteiger partial charge in [-0.2, -0.15) is 0 Å². The van der Waals surface area contributed by atoms with Gasteiger partial charge in [-0.25, -0.2) is 0 Å². The van der Waals surface area contributed by atoms with Gasteiger partial charge in [0.05, 0.1) is 37.6 Å². The monoisotopic (exact) mass is 1200 g/mol. The number of carbonyl (C=O) groups is 3. The first-order chi connectivity index (χ1) is 41.6. The van der Waals surface area contributed by atoms with Gasteiger partial charge < -0.3 is 52.4 Å². The highest BCUT2D eigenvalue weighted by Gasteiger charge is 2.71. The largest absolute Gasteiger partial charge is 0.459 e. The maximum atomic E-state index is 13.8. The molecule has 8 atom stereocenters. The van der Waals surface area contributed by atoms with Crippen LogP contribution >= 0.6 is 0 Å². The molecule has 0 N–H and O–H groups in total. The fraction of sp³-hybridized carbons (Fsp3) is 0.958. The van der Waals surface area contributed by atoms with E-state index in [-0.39, 0.29) is 53.0 Å². The van der Waals surface area contributed by atoms with E-state index in [1.165, 1.54) is 122 Å². The van der Waals surface area contributed by atoms with Crippen molar-refractivity contribution in [2.75, 3.05) is 78.7 Å². The second-order valence-corrected chi connectivity index (χ2v) is 33.1. The predicted molar refractivity (Wildman–Crippen MR) is 322 cm³/mol. The molecule has 15 heteroatoms. The summed E-state index contributed by atoms with van der Waals surface area (Å²) in [4.78, 5) is 46.0. The Labute approximate surface area is 515 Å². The summed E-state index contributed by atoms with van der Waals surface area (Å²) in [6.45, 7) is 20.9. The molecule has 15 nitrogen and oxygen atoms in total. The van der Waals surface area contributed by atoms with E-state index in [0.29, 0.717) is 30.3 Å². The second kappa shape index (κ2) is 24.2. The van der Waals surface area contributed by atoms with E-state index in [2.05, 4.69) is 28.5 Å². The molecule has 16 aliphatic carbocycles. The average molecular weight is 1200 g/mol. The van der Waals surface area contributed by atoms with E-state index in [0.717, 1.165) is 170 Å². The summed E-state index contributed by atoms with van der Waals surface area (Å²) < 4.78 is 58.7. The van der Waals surface area contributed by atoms with Crippen molar-refractivity contribution in [3.05, 3.63) is 0 Å². The van der Waals surface area contributed by atoms with Crippen molar-refractivity contribution in [2.24, 2.45) is 101 Å². The van der Waals surface area contributed by atoms with Crippen LogP contribution in [0.25, 0.3) is 0 Å². The Morgan fingerprint density at radius 3 is 1.40 bits per heavy atom. The number of piperidine rings is 1. The molecule has 21 aliphatic rings. The number of likely N-dealkylation sites (tertiary alicyclic amines) is 1. The van der Waals surface area contributed by atoms with Gasteiger partial charge in [0, 0.05) is 56.4 Å². The van der Waals surface area contributed by atoms with Crippen LogP contribution in [-0.2, 0) is 57.0 Å². The standard InChI is InChI=1S/C35H51NO7.C18H29NO3.C18H31NO2/c1-19(17-36-5-3-2-4-6-36)32(37)39-30-29(28-18-38-34(41-28)24-9-20-7-21(11-24)12-25(34)10-20)40-33-31(30)42-35(43-33)26-13-22-8-23(15-26)16-27(35)14-22;1-13(12-19-2-4-21-5-3-19)17(20)22-18-9-14-6-15(10-18)8-16(7-14)11-18;1-4-19(5-2)12-13(3)17(20)21-18-9-14-6-15(10-18)8-16(7-14)11-18/h19-31,33H,2-18H2,1H3;13-16H,2-12H2,1H3;13-16H,4-12H2,1-3H3. The first-order valence-corrected chi connectivity index (χ1v) is 36.3. The minimum Gasteiger partial charge on any atom is -0.459 e. The minimum absolute atomic E-state index is 0.00194. The van der Waals surface area contributed by atoms with Crippen LogP contribution in [0.3, 0.4) is 0 Å². The lowest BCUT2D eigenvalue weighted by Gasteiger charge is -2.58. The van der Waals surface area contributed by atoms with Crippen LogP contribution in [0.4, 0.5) is 0 Å². The number of ether oxygens (including phenoxy) is 9. The minimum atomic E-state index is -0.576. The molecule has 21 fully saturated rings. The zero-order chi connectivity index (χ0) is 58.7. The van der Waals surface area contributed by atoms with Crippen molar-refractivity contribution in [2.45, 2.75) is 249 Å². The van der Waals surface area contributed by atoms with Crippen molar-refractivity contribution >= 4 is 17.9 Å². The number of carbonyl (C=O) groups excluding carboxylic acids is 3. The maximum absolute atomic E-state index is 13.8. The third-order valence-corrected chi connectivity index (χ3v) is 26.7. The van der Waals surface area contributed by atoms with E-state index in [1.807, 2.05) is 20.8 Å². The van der Waals surface area contributed by atoms with E-state index in [1.54, 1.807) is 0 Å². The van der Waals surface area contributed by atoms with Crippen LogP contribution in [-0.4, -0.2) is 165 Å². The lowest BCUT2D eigenvalue weighted by atomic mass is 9.53. The average Bonchev–Trinajstić information content (AvgIpc) is 1.51. The van der Waals surface area contributed by atoms with Gasteiger partial charge in [0.2, 0.25) is 0 Å². The van der Waals surface area contributed by atoms with Crippen LogP contribution in [0, 0.1) is 101 Å². The quantitative estimate of drug-likeness (QED) is 0.113. The summed E-state index contributed by atoms with van der Waals surface area (Å²) in [6, 6.07) is 0. The number of fused-ring (bicyclic) bond motifs is 1. The molecule has 8 unspecified atom stereocenters. The molecule has 5 aliphatic heterocycles. The summed E-state index contributed by atoms with van der Waals surface area (Å²) in [5, 5.41) is 0. The molecule has 0 amide bonds. The molecule has 21 rings (SSSR count). The number of rotatable bonds is 15. The van der Waals surface area contributed by atoms with Gasteiger partial charge in [0.15, 0.2) is 30.1 Å². The van der Waals surface area contributed by atoms with E-state index < -0.39 is 36.2 Å². The molecule has 16 saturated carbocycles. The molecule has 5 heterocycles. The zero-order valence-electron chi connectivity index (χ0n) is 53.6. The first-order valence-electron chi connectivity index (χ1n) is 36.3. The Kier molecular flexibility index (Phi) is 17.0. The molecule has 16 bridgehead atoms. The second-order valence-electron chi connectivity index (χ2n) is 33.1. The molecule has 0 aromatic heterocycles. The molecule has 5 saturated heterocycles. The summed E-state index contributed by atoms with van der Waals surface area (Å²) in [5.41, 5.74) is -0.172. The maximum Gasteiger partial charge on any atom is 0.310 e. The number of nitrogens with zero attached hydrogens (tertiary/aromatic N) is 3. The van der Waals surface area contributed by atoms with Gasteiger partial charge in [-0.15, -0.1) is 0 Å². The zero-order valence-corrected chi connectivity index (χ0v) is 53.6.